The molecule has 0 heterocycles. The van der Waals surface area contributed by atoms with Crippen LogP contribution in [0.2, 0.25) is 0 Å². The highest BCUT2D eigenvalue weighted by Crippen LogP contribution is 2.39. The van der Waals surface area contributed by atoms with E-state index in [0.29, 0.717) is 13.0 Å². The third kappa shape index (κ3) is 2.20. The molecule has 4 nitrogen and oxygen atoms in total. The maximum absolute atomic E-state index is 11.5. The monoisotopic (exact) mass is 185 g/mol. The normalized spacial score (nSPS) is 25.4. The van der Waals surface area contributed by atoms with Gasteiger partial charge in [0.15, 0.2) is 0 Å². The second kappa shape index (κ2) is 3.77. The first kappa shape index (κ1) is 10.0. The fourth-order valence-corrected chi connectivity index (χ4v) is 1.47. The number of nitrogens with zero attached hydrogens (tertiary/aromatic N) is 1. The van der Waals surface area contributed by atoms with Crippen molar-refractivity contribution in [3.63, 3.8) is 0 Å². The number of rotatable bonds is 4. The SMILES string of the molecule is CCCN(C)C(=O)[C@H]1C[C@H]1C(=O)O. The molecule has 0 aromatic heterocycles. The van der Waals surface area contributed by atoms with Crippen molar-refractivity contribution in [2.45, 2.75) is 19.8 Å². The van der Waals surface area contributed by atoms with E-state index >= 15 is 0 Å². The molecule has 1 amide bonds. The van der Waals surface area contributed by atoms with Crippen molar-refractivity contribution in [1.82, 2.24) is 4.90 Å². The summed E-state index contributed by atoms with van der Waals surface area (Å²) in [6.45, 7) is 2.70. The minimum atomic E-state index is -0.844. The molecule has 0 unspecified atom stereocenters. The molecule has 1 fully saturated rings. The second-order valence-electron chi connectivity index (χ2n) is 3.55. The summed E-state index contributed by atoms with van der Waals surface area (Å²) in [6, 6.07) is 0. The van der Waals surface area contributed by atoms with Crippen molar-refractivity contribution in [3.05, 3.63) is 0 Å². The Morgan fingerprint density at radius 2 is 2.08 bits per heavy atom. The van der Waals surface area contributed by atoms with E-state index in [4.69, 9.17) is 5.11 Å². The van der Waals surface area contributed by atoms with Gasteiger partial charge in [-0.3, -0.25) is 9.59 Å². The fourth-order valence-electron chi connectivity index (χ4n) is 1.47. The standard InChI is InChI=1S/C9H15NO3/c1-3-4-10(2)8(11)6-5-7(6)9(12)13/h6-7H,3-5H2,1-2H3,(H,12,13)/t6-,7+/m0/s1. The lowest BCUT2D eigenvalue weighted by Gasteiger charge is -2.15. The zero-order chi connectivity index (χ0) is 10.0. The molecule has 0 spiro atoms. The minimum Gasteiger partial charge on any atom is -0.481 e. The molecular weight excluding hydrogens is 170 g/mol. The maximum atomic E-state index is 11.5. The highest BCUT2D eigenvalue weighted by Gasteiger charge is 2.49. The van der Waals surface area contributed by atoms with Crippen molar-refractivity contribution in [2.75, 3.05) is 13.6 Å². The fraction of sp³-hybridized carbons (Fsp3) is 0.778. The van der Waals surface area contributed by atoms with E-state index in [2.05, 4.69) is 0 Å². The molecule has 0 bridgehead atoms. The van der Waals surface area contributed by atoms with Crippen LogP contribution in [-0.4, -0.2) is 35.5 Å². The minimum absolute atomic E-state index is 0.0192. The molecule has 1 N–H and O–H groups in total. The number of amides is 1. The number of aliphatic carboxylic acids is 1. The molecule has 74 valence electrons. The predicted molar refractivity (Wildman–Crippen MR) is 47.2 cm³/mol. The van der Waals surface area contributed by atoms with Crippen LogP contribution >= 0.6 is 0 Å². The Morgan fingerprint density at radius 1 is 1.46 bits per heavy atom. The number of carbonyl (C=O) groups is 2. The van der Waals surface area contributed by atoms with Gasteiger partial charge in [0.2, 0.25) is 5.91 Å². The van der Waals surface area contributed by atoms with Gasteiger partial charge in [-0.25, -0.2) is 0 Å². The van der Waals surface area contributed by atoms with Crippen LogP contribution in [-0.2, 0) is 9.59 Å². The summed E-state index contributed by atoms with van der Waals surface area (Å²) < 4.78 is 0. The lowest BCUT2D eigenvalue weighted by molar-refractivity contribution is -0.141. The quantitative estimate of drug-likeness (QED) is 0.696. The summed E-state index contributed by atoms with van der Waals surface area (Å²) in [5.41, 5.74) is 0. The van der Waals surface area contributed by atoms with Gasteiger partial charge in [0, 0.05) is 13.6 Å². The van der Waals surface area contributed by atoms with Gasteiger partial charge in [-0.2, -0.15) is 0 Å². The van der Waals surface area contributed by atoms with Gasteiger partial charge in [0.25, 0.3) is 0 Å². The van der Waals surface area contributed by atoms with Gasteiger partial charge in [-0.1, -0.05) is 6.92 Å². The Kier molecular flexibility index (Phi) is 2.90. The molecule has 0 aliphatic heterocycles. The molecule has 0 radical (unpaired) electrons. The summed E-state index contributed by atoms with van der Waals surface area (Å²) in [5, 5.41) is 8.61. The van der Waals surface area contributed by atoms with E-state index in [9.17, 15) is 9.59 Å². The number of hydrogen-bond acceptors (Lipinski definition) is 2. The number of carboxylic acid groups (broad SMARTS) is 1. The van der Waals surface area contributed by atoms with Crippen LogP contribution < -0.4 is 0 Å². The zero-order valence-corrected chi connectivity index (χ0v) is 7.99. The van der Waals surface area contributed by atoms with Crippen LogP contribution in [0, 0.1) is 11.8 Å². The number of carbonyl (C=O) groups excluding carboxylic acids is 1. The van der Waals surface area contributed by atoms with E-state index < -0.39 is 11.9 Å². The number of carboxylic acids is 1. The summed E-state index contributed by atoms with van der Waals surface area (Å²) in [7, 11) is 1.73. The lowest BCUT2D eigenvalue weighted by Crippen LogP contribution is -2.29. The zero-order valence-electron chi connectivity index (χ0n) is 7.99. The van der Waals surface area contributed by atoms with Crippen molar-refractivity contribution < 1.29 is 14.7 Å². The highest BCUT2D eigenvalue weighted by atomic mass is 16.4. The van der Waals surface area contributed by atoms with E-state index in [1.807, 2.05) is 6.92 Å². The third-order valence-electron chi connectivity index (χ3n) is 2.36. The summed E-state index contributed by atoms with van der Waals surface area (Å²) in [4.78, 5) is 23.6. The summed E-state index contributed by atoms with van der Waals surface area (Å²) in [6.07, 6.45) is 1.43. The molecule has 1 rings (SSSR count). The van der Waals surface area contributed by atoms with Gasteiger partial charge < -0.3 is 10.0 Å². The second-order valence-corrected chi connectivity index (χ2v) is 3.55. The van der Waals surface area contributed by atoms with Crippen molar-refractivity contribution >= 4 is 11.9 Å². The van der Waals surface area contributed by atoms with Gasteiger partial charge >= 0.3 is 5.97 Å². The number of hydrogen-bond donors (Lipinski definition) is 1. The highest BCUT2D eigenvalue weighted by molar-refractivity contribution is 5.89. The van der Waals surface area contributed by atoms with Crippen LogP contribution in [0.5, 0.6) is 0 Å². The Labute approximate surface area is 77.5 Å². The van der Waals surface area contributed by atoms with Gasteiger partial charge in [0.05, 0.1) is 11.8 Å². The first-order valence-electron chi connectivity index (χ1n) is 4.55. The third-order valence-corrected chi connectivity index (χ3v) is 2.36. The van der Waals surface area contributed by atoms with E-state index in [1.165, 1.54) is 0 Å². The van der Waals surface area contributed by atoms with E-state index in [-0.39, 0.29) is 11.8 Å². The molecule has 4 heteroatoms. The molecule has 1 aliphatic carbocycles. The van der Waals surface area contributed by atoms with Crippen LogP contribution in [0.3, 0.4) is 0 Å². The molecular formula is C9H15NO3. The van der Waals surface area contributed by atoms with Crippen molar-refractivity contribution in [3.8, 4) is 0 Å². The predicted octanol–water partition coefficient (Wildman–Crippen LogP) is 0.575. The average molecular weight is 185 g/mol. The van der Waals surface area contributed by atoms with Gasteiger partial charge in [-0.05, 0) is 12.8 Å². The first-order chi connectivity index (χ1) is 6.07. The van der Waals surface area contributed by atoms with Gasteiger partial charge in [0.1, 0.15) is 0 Å². The lowest BCUT2D eigenvalue weighted by atomic mass is 10.3. The van der Waals surface area contributed by atoms with Gasteiger partial charge in [-0.15, -0.1) is 0 Å². The van der Waals surface area contributed by atoms with Crippen molar-refractivity contribution in [1.29, 1.82) is 0 Å². The molecule has 13 heavy (non-hydrogen) atoms. The Bertz CT molecular complexity index is 227. The van der Waals surface area contributed by atoms with Crippen LogP contribution in [0.25, 0.3) is 0 Å². The Balaban J connectivity index is 2.38. The molecule has 0 aromatic carbocycles. The van der Waals surface area contributed by atoms with Crippen LogP contribution in [0.4, 0.5) is 0 Å². The van der Waals surface area contributed by atoms with E-state index in [0.717, 1.165) is 6.42 Å². The van der Waals surface area contributed by atoms with Crippen molar-refractivity contribution in [2.24, 2.45) is 11.8 Å². The molecule has 0 saturated heterocycles. The summed E-state index contributed by atoms with van der Waals surface area (Å²) in [5.74, 6) is -1.54. The Hall–Kier alpha value is -1.06. The summed E-state index contributed by atoms with van der Waals surface area (Å²) >= 11 is 0. The topological polar surface area (TPSA) is 57.6 Å². The Morgan fingerprint density at radius 3 is 2.46 bits per heavy atom. The molecule has 2 atom stereocenters. The molecule has 1 saturated carbocycles. The molecule has 0 aromatic rings. The maximum Gasteiger partial charge on any atom is 0.307 e. The van der Waals surface area contributed by atoms with E-state index in [1.54, 1.807) is 11.9 Å². The van der Waals surface area contributed by atoms with Crippen LogP contribution in [0.15, 0.2) is 0 Å². The smallest absolute Gasteiger partial charge is 0.307 e. The largest absolute Gasteiger partial charge is 0.481 e. The first-order valence-corrected chi connectivity index (χ1v) is 4.55. The average Bonchev–Trinajstić information content (AvgIpc) is 2.82. The van der Waals surface area contributed by atoms with Crippen LogP contribution in [0.1, 0.15) is 19.8 Å². The molecule has 1 aliphatic rings.